The van der Waals surface area contributed by atoms with Crippen LogP contribution in [0.25, 0.3) is 10.4 Å². The average Bonchev–Trinajstić information content (AvgIpc) is 3.36. The highest BCUT2D eigenvalue weighted by molar-refractivity contribution is 7.98. The van der Waals surface area contributed by atoms with Crippen LogP contribution >= 0.6 is 23.1 Å². The minimum Gasteiger partial charge on any atom is -0.431 e. The Labute approximate surface area is 198 Å². The normalized spacial score (nSPS) is 23.1. The van der Waals surface area contributed by atoms with Gasteiger partial charge in [0, 0.05) is 17.7 Å². The van der Waals surface area contributed by atoms with Crippen LogP contribution in [-0.4, -0.2) is 68.7 Å². The fourth-order valence-corrected chi connectivity index (χ4v) is 6.27. The quantitative estimate of drug-likeness (QED) is 0.268. The van der Waals surface area contributed by atoms with Gasteiger partial charge in [-0.25, -0.2) is 14.6 Å². The van der Waals surface area contributed by atoms with E-state index < -0.39 is 30.9 Å². The Balaban J connectivity index is 1.66. The van der Waals surface area contributed by atoms with Gasteiger partial charge in [-0.1, -0.05) is 6.92 Å². The van der Waals surface area contributed by atoms with Crippen LogP contribution in [-0.2, 0) is 23.8 Å². The van der Waals surface area contributed by atoms with Crippen LogP contribution in [0.15, 0.2) is 23.2 Å². The lowest BCUT2D eigenvalue weighted by Gasteiger charge is -2.46. The van der Waals surface area contributed by atoms with Crippen molar-refractivity contribution in [3.05, 3.63) is 23.1 Å². The standard InChI is InChI=1S/C21H25N3O7S2/c1-9(2)31-21(28)30-8-29-20(27)16-13(10(3)15-14(11(4)25)18(26)24(15)16)12-6-23-7-22-17(32-5)19(23)33-12/h6-7,9-11,14-15,25H,8H2,1-5H3/t10-,11+,14+,15+/m0/s1. The number of fused-ring (bicyclic) bond motifs is 2. The minimum absolute atomic E-state index is 0.110. The van der Waals surface area contributed by atoms with Gasteiger partial charge in [-0.2, -0.15) is 0 Å². The van der Waals surface area contributed by atoms with Gasteiger partial charge in [-0.3, -0.25) is 9.20 Å². The van der Waals surface area contributed by atoms with Gasteiger partial charge in [0.2, 0.25) is 12.7 Å². The van der Waals surface area contributed by atoms with Crippen molar-refractivity contribution < 1.29 is 33.7 Å². The zero-order valence-electron chi connectivity index (χ0n) is 18.8. The SMILES string of the molecule is CSc1ncn2cc(C3=C(C(=O)OCOC(=O)OC(C)C)N4C(=O)[C@H]([C@@H](C)O)[C@H]4[C@H]3C)sc12. The number of nitrogens with zero attached hydrogens (tertiary/aromatic N) is 3. The number of β-lactam (4-membered cyclic amide) rings is 1. The number of aliphatic hydroxyl groups excluding tert-OH is 1. The van der Waals surface area contributed by atoms with Crippen LogP contribution in [0.1, 0.15) is 32.6 Å². The fraction of sp³-hybridized carbons (Fsp3) is 0.524. The summed E-state index contributed by atoms with van der Waals surface area (Å²) in [5, 5.41) is 11.0. The molecule has 12 heteroatoms. The van der Waals surface area contributed by atoms with Crippen molar-refractivity contribution in [2.75, 3.05) is 13.0 Å². The maximum atomic E-state index is 13.1. The van der Waals surface area contributed by atoms with Crippen LogP contribution in [0.3, 0.4) is 0 Å². The maximum absolute atomic E-state index is 13.1. The molecule has 2 aliphatic heterocycles. The van der Waals surface area contributed by atoms with Crippen LogP contribution in [0.5, 0.6) is 0 Å². The van der Waals surface area contributed by atoms with Gasteiger partial charge >= 0.3 is 12.1 Å². The average molecular weight is 496 g/mol. The summed E-state index contributed by atoms with van der Waals surface area (Å²) in [5.74, 6) is -1.94. The van der Waals surface area contributed by atoms with E-state index in [9.17, 15) is 19.5 Å². The van der Waals surface area contributed by atoms with Crippen molar-refractivity contribution in [3.63, 3.8) is 0 Å². The number of hydrogen-bond donors (Lipinski definition) is 1. The van der Waals surface area contributed by atoms with Crippen molar-refractivity contribution >= 4 is 51.5 Å². The molecular weight excluding hydrogens is 470 g/mol. The second-order valence-corrected chi connectivity index (χ2v) is 10.0. The molecule has 2 aromatic rings. The molecule has 1 saturated heterocycles. The van der Waals surface area contributed by atoms with Crippen molar-refractivity contribution in [3.8, 4) is 0 Å². The number of hydrogen-bond acceptors (Lipinski definition) is 10. The molecule has 2 aromatic heterocycles. The molecule has 0 spiro atoms. The van der Waals surface area contributed by atoms with Crippen molar-refractivity contribution in [2.45, 2.75) is 51.0 Å². The molecule has 1 amide bonds. The lowest BCUT2D eigenvalue weighted by Crippen LogP contribution is -2.63. The Kier molecular flexibility index (Phi) is 6.43. The third-order valence-corrected chi connectivity index (χ3v) is 7.66. The third kappa shape index (κ3) is 4.00. The largest absolute Gasteiger partial charge is 0.511 e. The van der Waals surface area contributed by atoms with E-state index in [1.54, 1.807) is 27.1 Å². The second-order valence-electron chi connectivity index (χ2n) is 8.19. The minimum atomic E-state index is -0.954. The summed E-state index contributed by atoms with van der Waals surface area (Å²) in [6.45, 7) is 6.19. The summed E-state index contributed by atoms with van der Waals surface area (Å²) in [6, 6.07) is -0.360. The number of aromatic nitrogens is 2. The number of esters is 1. The van der Waals surface area contributed by atoms with Gasteiger partial charge in [0.25, 0.3) is 0 Å². The Bertz CT molecular complexity index is 1140. The number of imidazole rings is 1. The molecule has 0 bridgehead atoms. The van der Waals surface area contributed by atoms with Crippen molar-refractivity contribution in [1.29, 1.82) is 0 Å². The van der Waals surface area contributed by atoms with Crippen LogP contribution in [0, 0.1) is 11.8 Å². The molecule has 0 saturated carbocycles. The first-order valence-electron chi connectivity index (χ1n) is 10.4. The smallest absolute Gasteiger partial charge is 0.431 e. The Morgan fingerprint density at radius 2 is 2.03 bits per heavy atom. The first-order chi connectivity index (χ1) is 15.6. The number of thiazole rings is 1. The van der Waals surface area contributed by atoms with Gasteiger partial charge in [0.05, 0.1) is 29.0 Å². The van der Waals surface area contributed by atoms with E-state index in [2.05, 4.69) is 4.98 Å². The summed E-state index contributed by atoms with van der Waals surface area (Å²) in [6.07, 6.45) is 3.33. The first kappa shape index (κ1) is 23.6. The van der Waals surface area contributed by atoms with Gasteiger partial charge < -0.3 is 24.2 Å². The molecule has 1 fully saturated rings. The van der Waals surface area contributed by atoms with E-state index in [0.29, 0.717) is 5.57 Å². The molecule has 0 unspecified atom stereocenters. The fourth-order valence-electron chi connectivity index (χ4n) is 4.35. The van der Waals surface area contributed by atoms with Crippen LogP contribution in [0.4, 0.5) is 4.79 Å². The molecule has 0 aromatic carbocycles. The van der Waals surface area contributed by atoms with Crippen LogP contribution in [0.2, 0.25) is 0 Å². The topological polar surface area (TPSA) is 120 Å². The van der Waals surface area contributed by atoms with E-state index in [1.807, 2.05) is 23.8 Å². The third-order valence-electron chi connectivity index (χ3n) is 5.70. The van der Waals surface area contributed by atoms with Gasteiger partial charge in [0.1, 0.15) is 21.9 Å². The molecule has 4 atom stereocenters. The summed E-state index contributed by atoms with van der Waals surface area (Å²) >= 11 is 2.98. The number of amides is 1. The van der Waals surface area contributed by atoms with E-state index in [-0.39, 0.29) is 29.7 Å². The van der Waals surface area contributed by atoms with E-state index in [0.717, 1.165) is 14.7 Å². The summed E-state index contributed by atoms with van der Waals surface area (Å²) in [4.78, 5) is 45.0. The molecule has 33 heavy (non-hydrogen) atoms. The molecular formula is C21H25N3O7S2. The number of rotatable bonds is 7. The zero-order chi connectivity index (χ0) is 24.0. The summed E-state index contributed by atoms with van der Waals surface area (Å²) in [7, 11) is 0. The van der Waals surface area contributed by atoms with E-state index in [4.69, 9.17) is 14.2 Å². The molecule has 4 rings (SSSR count). The predicted octanol–water partition coefficient (Wildman–Crippen LogP) is 2.75. The molecule has 1 N–H and O–H groups in total. The molecule has 2 aliphatic rings. The highest BCUT2D eigenvalue weighted by Crippen LogP contribution is 2.52. The van der Waals surface area contributed by atoms with Crippen molar-refractivity contribution in [1.82, 2.24) is 14.3 Å². The highest BCUT2D eigenvalue weighted by atomic mass is 32.2. The Hall–Kier alpha value is -2.57. The number of ether oxygens (including phenoxy) is 3. The van der Waals surface area contributed by atoms with Crippen molar-refractivity contribution in [2.24, 2.45) is 11.8 Å². The Morgan fingerprint density at radius 3 is 2.67 bits per heavy atom. The van der Waals surface area contributed by atoms with Crippen LogP contribution < -0.4 is 0 Å². The molecule has 10 nitrogen and oxygen atoms in total. The molecule has 0 aliphatic carbocycles. The summed E-state index contributed by atoms with van der Waals surface area (Å²) < 4.78 is 16.7. The Morgan fingerprint density at radius 1 is 1.30 bits per heavy atom. The van der Waals surface area contributed by atoms with Gasteiger partial charge in [-0.05, 0) is 27.0 Å². The first-order valence-corrected chi connectivity index (χ1v) is 12.5. The number of carbonyl (C=O) groups is 3. The van der Waals surface area contributed by atoms with Gasteiger partial charge in [0.15, 0.2) is 0 Å². The molecule has 0 radical (unpaired) electrons. The second kappa shape index (κ2) is 8.99. The lowest BCUT2D eigenvalue weighted by molar-refractivity contribution is -0.166. The predicted molar refractivity (Wildman–Crippen MR) is 120 cm³/mol. The monoisotopic (exact) mass is 495 g/mol. The zero-order valence-corrected chi connectivity index (χ0v) is 20.4. The number of thioether (sulfide) groups is 1. The highest BCUT2D eigenvalue weighted by Gasteiger charge is 2.60. The van der Waals surface area contributed by atoms with E-state index >= 15 is 0 Å². The molecule has 4 heterocycles. The summed E-state index contributed by atoms with van der Waals surface area (Å²) in [5.41, 5.74) is 0.769. The van der Waals surface area contributed by atoms with E-state index in [1.165, 1.54) is 28.0 Å². The molecule has 178 valence electrons. The maximum Gasteiger partial charge on any atom is 0.511 e. The number of carbonyl (C=O) groups excluding carboxylic acids is 3. The van der Waals surface area contributed by atoms with Gasteiger partial charge in [-0.15, -0.1) is 23.1 Å². The number of aliphatic hydroxyl groups is 1. The lowest BCUT2D eigenvalue weighted by atomic mass is 9.77.